The van der Waals surface area contributed by atoms with E-state index in [0.717, 1.165) is 5.56 Å². The van der Waals surface area contributed by atoms with E-state index in [4.69, 9.17) is 10.00 Å². The van der Waals surface area contributed by atoms with Crippen LogP contribution in [0.1, 0.15) is 22.3 Å². The summed E-state index contributed by atoms with van der Waals surface area (Å²) >= 11 is 0. The molecule has 21 heavy (non-hydrogen) atoms. The van der Waals surface area contributed by atoms with E-state index in [9.17, 15) is 14.7 Å². The van der Waals surface area contributed by atoms with Gasteiger partial charge < -0.3 is 14.7 Å². The normalized spacial score (nSPS) is 21.0. The minimum atomic E-state index is -1.02. The molecule has 2 unspecified atom stereocenters. The molecule has 1 aromatic carbocycles. The van der Waals surface area contributed by atoms with Crippen molar-refractivity contribution in [1.82, 2.24) is 4.90 Å². The second-order valence-electron chi connectivity index (χ2n) is 4.94. The topological polar surface area (TPSA) is 90.6 Å². The maximum Gasteiger partial charge on any atom is 0.326 e. The van der Waals surface area contributed by atoms with Gasteiger partial charge in [0.2, 0.25) is 0 Å². The molecule has 1 aliphatic rings. The van der Waals surface area contributed by atoms with E-state index in [1.165, 1.54) is 12.0 Å². The third-order valence-corrected chi connectivity index (χ3v) is 3.63. The number of carbonyl (C=O) groups is 2. The average molecular weight is 288 g/mol. The van der Waals surface area contributed by atoms with Crippen molar-refractivity contribution in [3.8, 4) is 6.07 Å². The summed E-state index contributed by atoms with van der Waals surface area (Å²) in [6, 6.07) is 7.82. The highest BCUT2D eigenvalue weighted by molar-refractivity contribution is 5.97. The summed E-state index contributed by atoms with van der Waals surface area (Å²) in [5.74, 6) is -1.35. The first kappa shape index (κ1) is 15.0. The van der Waals surface area contributed by atoms with Gasteiger partial charge in [-0.2, -0.15) is 5.26 Å². The Morgan fingerprint density at radius 1 is 1.43 bits per heavy atom. The van der Waals surface area contributed by atoms with Crippen LogP contribution in [0.4, 0.5) is 0 Å². The summed E-state index contributed by atoms with van der Waals surface area (Å²) in [4.78, 5) is 25.0. The zero-order valence-corrected chi connectivity index (χ0v) is 11.7. The first-order chi connectivity index (χ1) is 10.1. The first-order valence-corrected chi connectivity index (χ1v) is 6.59. The van der Waals surface area contributed by atoms with E-state index in [1.807, 2.05) is 6.07 Å². The molecule has 1 saturated heterocycles. The van der Waals surface area contributed by atoms with Crippen LogP contribution in [0.3, 0.4) is 0 Å². The maximum atomic E-state index is 12.4. The molecule has 1 aromatic rings. The largest absolute Gasteiger partial charge is 0.480 e. The Kier molecular flexibility index (Phi) is 4.55. The SMILES string of the molecule is COC1CC(C(=O)O)N(C(=O)c2ccc(CC#N)cc2)C1. The molecule has 2 atom stereocenters. The Bertz CT molecular complexity index is 576. The van der Waals surface area contributed by atoms with Crippen molar-refractivity contribution < 1.29 is 19.4 Å². The minimum absolute atomic E-state index is 0.257. The van der Waals surface area contributed by atoms with Gasteiger partial charge in [0.25, 0.3) is 5.91 Å². The molecule has 6 heteroatoms. The number of amides is 1. The Hall–Kier alpha value is -2.39. The molecule has 0 aliphatic carbocycles. The van der Waals surface area contributed by atoms with Gasteiger partial charge in [-0.3, -0.25) is 4.79 Å². The van der Waals surface area contributed by atoms with Crippen LogP contribution in [0.2, 0.25) is 0 Å². The fourth-order valence-electron chi connectivity index (χ4n) is 2.45. The lowest BCUT2D eigenvalue weighted by molar-refractivity contribution is -0.141. The summed E-state index contributed by atoms with van der Waals surface area (Å²) in [5.41, 5.74) is 1.24. The number of aliphatic carboxylic acids is 1. The number of rotatable bonds is 4. The van der Waals surface area contributed by atoms with Crippen LogP contribution in [0.25, 0.3) is 0 Å². The van der Waals surface area contributed by atoms with E-state index < -0.39 is 12.0 Å². The van der Waals surface area contributed by atoms with Gasteiger partial charge in [-0.15, -0.1) is 0 Å². The van der Waals surface area contributed by atoms with Gasteiger partial charge in [-0.1, -0.05) is 12.1 Å². The number of carboxylic acids is 1. The number of nitriles is 1. The highest BCUT2D eigenvalue weighted by Crippen LogP contribution is 2.23. The highest BCUT2D eigenvalue weighted by atomic mass is 16.5. The summed E-state index contributed by atoms with van der Waals surface area (Å²) in [7, 11) is 1.51. The number of ether oxygens (including phenoxy) is 1. The molecule has 0 aromatic heterocycles. The predicted molar refractivity (Wildman–Crippen MR) is 73.6 cm³/mol. The van der Waals surface area contributed by atoms with Crippen LogP contribution < -0.4 is 0 Å². The zero-order valence-electron chi connectivity index (χ0n) is 11.7. The van der Waals surface area contributed by atoms with Gasteiger partial charge in [0, 0.05) is 25.6 Å². The van der Waals surface area contributed by atoms with E-state index in [2.05, 4.69) is 0 Å². The zero-order chi connectivity index (χ0) is 15.4. The van der Waals surface area contributed by atoms with Crippen LogP contribution in [0, 0.1) is 11.3 Å². The van der Waals surface area contributed by atoms with E-state index in [1.54, 1.807) is 24.3 Å². The fraction of sp³-hybridized carbons (Fsp3) is 0.400. The van der Waals surface area contributed by atoms with Gasteiger partial charge in [-0.05, 0) is 17.7 Å². The molecule has 1 N–H and O–H groups in total. The van der Waals surface area contributed by atoms with Gasteiger partial charge in [-0.25, -0.2) is 4.79 Å². The number of hydrogen-bond acceptors (Lipinski definition) is 4. The molecule has 6 nitrogen and oxygen atoms in total. The van der Waals surface area contributed by atoms with Crippen LogP contribution in [-0.2, 0) is 16.0 Å². The van der Waals surface area contributed by atoms with E-state index in [0.29, 0.717) is 12.0 Å². The Morgan fingerprint density at radius 3 is 2.62 bits per heavy atom. The molecule has 110 valence electrons. The summed E-state index contributed by atoms with van der Waals surface area (Å²) in [5, 5.41) is 17.8. The highest BCUT2D eigenvalue weighted by Gasteiger charge is 2.40. The molecule has 0 spiro atoms. The summed E-state index contributed by atoms with van der Waals surface area (Å²) in [6.45, 7) is 0.270. The van der Waals surface area contributed by atoms with Crippen molar-refractivity contribution in [2.24, 2.45) is 0 Å². The van der Waals surface area contributed by atoms with Gasteiger partial charge in [0.05, 0.1) is 18.6 Å². The molecular formula is C15H16N2O4. The second kappa shape index (κ2) is 6.37. The van der Waals surface area contributed by atoms with Gasteiger partial charge in [0.1, 0.15) is 6.04 Å². The molecule has 2 rings (SSSR count). The second-order valence-corrected chi connectivity index (χ2v) is 4.94. The number of carbonyl (C=O) groups excluding carboxylic acids is 1. The average Bonchev–Trinajstić information content (AvgIpc) is 2.92. The van der Waals surface area contributed by atoms with Crippen molar-refractivity contribution in [2.45, 2.75) is 25.0 Å². The number of methoxy groups -OCH3 is 1. The van der Waals surface area contributed by atoms with Gasteiger partial charge in [0.15, 0.2) is 0 Å². The van der Waals surface area contributed by atoms with Crippen molar-refractivity contribution in [3.05, 3.63) is 35.4 Å². The van der Waals surface area contributed by atoms with Crippen molar-refractivity contribution >= 4 is 11.9 Å². The number of hydrogen-bond donors (Lipinski definition) is 1. The molecule has 0 bridgehead atoms. The smallest absolute Gasteiger partial charge is 0.326 e. The van der Waals surface area contributed by atoms with Crippen molar-refractivity contribution in [2.75, 3.05) is 13.7 Å². The van der Waals surface area contributed by atoms with Crippen LogP contribution in [-0.4, -0.2) is 47.7 Å². The lowest BCUT2D eigenvalue weighted by atomic mass is 10.1. The van der Waals surface area contributed by atoms with Gasteiger partial charge >= 0.3 is 5.97 Å². The molecule has 1 fully saturated rings. The monoisotopic (exact) mass is 288 g/mol. The quantitative estimate of drug-likeness (QED) is 0.894. The Balaban J connectivity index is 2.18. The van der Waals surface area contributed by atoms with Crippen molar-refractivity contribution in [1.29, 1.82) is 5.26 Å². The van der Waals surface area contributed by atoms with Crippen LogP contribution in [0.15, 0.2) is 24.3 Å². The molecule has 0 saturated carbocycles. The molecule has 1 aliphatic heterocycles. The lowest BCUT2D eigenvalue weighted by Crippen LogP contribution is -2.40. The number of carboxylic acid groups (broad SMARTS) is 1. The summed E-state index contributed by atoms with van der Waals surface area (Å²) < 4.78 is 5.17. The van der Waals surface area contributed by atoms with Crippen LogP contribution in [0.5, 0.6) is 0 Å². The number of likely N-dealkylation sites (tertiary alicyclic amines) is 1. The number of nitrogens with zero attached hydrogens (tertiary/aromatic N) is 2. The lowest BCUT2D eigenvalue weighted by Gasteiger charge is -2.21. The number of benzene rings is 1. The third-order valence-electron chi connectivity index (χ3n) is 3.63. The third kappa shape index (κ3) is 3.20. The first-order valence-electron chi connectivity index (χ1n) is 6.59. The fourth-order valence-corrected chi connectivity index (χ4v) is 2.45. The summed E-state index contributed by atoms with van der Waals surface area (Å²) in [6.07, 6.45) is 0.319. The maximum absolute atomic E-state index is 12.4. The van der Waals surface area contributed by atoms with E-state index >= 15 is 0 Å². The Morgan fingerprint density at radius 2 is 2.10 bits per heavy atom. The molecule has 1 amide bonds. The van der Waals surface area contributed by atoms with Crippen molar-refractivity contribution in [3.63, 3.8) is 0 Å². The molecule has 1 heterocycles. The van der Waals surface area contributed by atoms with Crippen LogP contribution >= 0.6 is 0 Å². The standard InChI is InChI=1S/C15H16N2O4/c1-21-12-8-13(15(19)20)17(9-12)14(18)11-4-2-10(3-5-11)6-7-16/h2-5,12-13H,6,8-9H2,1H3,(H,19,20). The predicted octanol–water partition coefficient (Wildman–Crippen LogP) is 1.07. The van der Waals surface area contributed by atoms with E-state index in [-0.39, 0.29) is 25.0 Å². The molecular weight excluding hydrogens is 272 g/mol. The molecule has 0 radical (unpaired) electrons. The minimum Gasteiger partial charge on any atom is -0.480 e. The Labute approximate surface area is 122 Å².